The molecule has 7 atom stereocenters. The number of carbonyl (C=O) groups excluding carboxylic acids is 4. The van der Waals surface area contributed by atoms with Gasteiger partial charge in [-0.3, -0.25) is 19.2 Å². The normalized spacial score (nSPS) is 34.9. The lowest BCUT2D eigenvalue weighted by Gasteiger charge is -2.59. The van der Waals surface area contributed by atoms with Crippen LogP contribution < -0.4 is 5.32 Å². The van der Waals surface area contributed by atoms with Crippen LogP contribution in [0.15, 0.2) is 23.8 Å². The highest BCUT2D eigenvalue weighted by Crippen LogP contribution is 2.67. The number of Topliss-reactive ketones (excluding diaryl/α,β-unsaturated/α-hetero) is 1. The first-order valence-corrected chi connectivity index (χ1v) is 14.9. The Morgan fingerprint density at radius 1 is 1.17 bits per heavy atom. The maximum atomic E-state index is 13.4. The maximum absolute atomic E-state index is 13.4. The molecule has 0 bridgehead atoms. The molecule has 0 aromatic carbocycles. The third kappa shape index (κ3) is 6.15. The predicted octanol–water partition coefficient (Wildman–Crippen LogP) is 2.38. The Bertz CT molecular complexity index is 1170. The van der Waals surface area contributed by atoms with Gasteiger partial charge >= 0.3 is 5.97 Å². The number of carbonyl (C=O) groups is 4. The average Bonchev–Trinajstić information content (AvgIpc) is 3.20. The summed E-state index contributed by atoms with van der Waals surface area (Å²) < 4.78 is 5.18. The van der Waals surface area contributed by atoms with Crippen LogP contribution in [0.1, 0.15) is 78.1 Å². The number of esters is 1. The second kappa shape index (κ2) is 12.6. The number of fused-ring (bicyclic) bond motifs is 5. The van der Waals surface area contributed by atoms with Crippen molar-refractivity contribution in [1.29, 1.82) is 0 Å². The second-order valence-electron chi connectivity index (χ2n) is 12.7. The van der Waals surface area contributed by atoms with E-state index >= 15 is 0 Å². The molecule has 4 aliphatic rings. The van der Waals surface area contributed by atoms with Gasteiger partial charge in [0.05, 0.1) is 19.1 Å². The highest BCUT2D eigenvalue weighted by atomic mass is 16.9. The van der Waals surface area contributed by atoms with Crippen molar-refractivity contribution in [2.45, 2.75) is 89.8 Å². The summed E-state index contributed by atoms with van der Waals surface area (Å²) in [5, 5.41) is 35.1. The van der Waals surface area contributed by atoms with Crippen molar-refractivity contribution in [1.82, 2.24) is 5.32 Å². The van der Waals surface area contributed by atoms with Crippen LogP contribution in [0, 0.1) is 38.7 Å². The predicted molar refractivity (Wildman–Crippen MR) is 148 cm³/mol. The number of allylic oxidation sites excluding steroid dienone is 4. The van der Waals surface area contributed by atoms with Gasteiger partial charge in [0.15, 0.2) is 12.4 Å². The number of rotatable bonds is 13. The standard InChI is InChI=1S/C30H42N2O10/c1-28-12-9-20(33)16-19(28)7-8-21-22-10-13-30(38,29(22,2)17-23(34)27(21)28)24(35)18-41-26(37)11-14-31-25(36)6-4-3-5-15-42-32(39)40/h9,12,16,21-23,27,34,38H,3-8,10-11,13-15,17-18H2,1-2H3,(H,31,36)/t21-,22-,23-,27+,28-,29-,30-/m0/s1. The van der Waals surface area contributed by atoms with E-state index in [0.29, 0.717) is 25.7 Å². The maximum Gasteiger partial charge on any atom is 0.308 e. The number of hydrogen-bond donors (Lipinski definition) is 3. The molecule has 0 aromatic rings. The number of ether oxygens (including phenoxy) is 1. The summed E-state index contributed by atoms with van der Waals surface area (Å²) in [5.74, 6) is -1.61. The van der Waals surface area contributed by atoms with Gasteiger partial charge in [0.1, 0.15) is 5.60 Å². The lowest BCUT2D eigenvalue weighted by atomic mass is 9.46. The van der Waals surface area contributed by atoms with E-state index in [2.05, 4.69) is 17.1 Å². The van der Waals surface area contributed by atoms with Gasteiger partial charge in [-0.25, -0.2) is 0 Å². The van der Waals surface area contributed by atoms with E-state index in [-0.39, 0.29) is 68.3 Å². The fourth-order valence-electron chi connectivity index (χ4n) is 8.22. The van der Waals surface area contributed by atoms with E-state index in [1.54, 1.807) is 12.2 Å². The molecule has 12 nitrogen and oxygen atoms in total. The van der Waals surface area contributed by atoms with Crippen LogP contribution in [0.3, 0.4) is 0 Å². The van der Waals surface area contributed by atoms with Gasteiger partial charge in [0.2, 0.25) is 11.7 Å². The average molecular weight is 591 g/mol. The Labute approximate surface area is 245 Å². The molecule has 0 heterocycles. The molecule has 42 heavy (non-hydrogen) atoms. The zero-order valence-corrected chi connectivity index (χ0v) is 24.3. The number of aliphatic hydroxyl groups excluding tert-OH is 1. The van der Waals surface area contributed by atoms with Gasteiger partial charge in [-0.1, -0.05) is 31.9 Å². The Hall–Kier alpha value is -3.12. The van der Waals surface area contributed by atoms with Crippen molar-refractivity contribution in [2.24, 2.45) is 28.6 Å². The van der Waals surface area contributed by atoms with E-state index in [1.807, 2.05) is 13.0 Å². The van der Waals surface area contributed by atoms with Gasteiger partial charge < -0.3 is 25.1 Å². The molecule has 4 aliphatic carbocycles. The number of nitrogens with zero attached hydrogens (tertiary/aromatic N) is 1. The van der Waals surface area contributed by atoms with Crippen LogP contribution in [-0.4, -0.2) is 70.2 Å². The number of amides is 1. The Morgan fingerprint density at radius 3 is 2.67 bits per heavy atom. The molecule has 4 rings (SSSR count). The van der Waals surface area contributed by atoms with Gasteiger partial charge in [-0.2, -0.15) is 0 Å². The minimum atomic E-state index is -1.74. The van der Waals surface area contributed by atoms with Crippen molar-refractivity contribution in [3.05, 3.63) is 33.9 Å². The van der Waals surface area contributed by atoms with E-state index < -0.39 is 46.0 Å². The fourth-order valence-corrected chi connectivity index (χ4v) is 8.22. The Kier molecular flexibility index (Phi) is 9.56. The number of unbranched alkanes of at least 4 members (excludes halogenated alkanes) is 2. The number of aliphatic hydroxyl groups is 2. The molecule has 0 aliphatic heterocycles. The van der Waals surface area contributed by atoms with Crippen molar-refractivity contribution in [3.8, 4) is 0 Å². The lowest BCUT2D eigenvalue weighted by Crippen LogP contribution is -2.61. The second-order valence-corrected chi connectivity index (χ2v) is 12.7. The first kappa shape index (κ1) is 31.8. The molecule has 232 valence electrons. The summed E-state index contributed by atoms with van der Waals surface area (Å²) in [7, 11) is 0. The summed E-state index contributed by atoms with van der Waals surface area (Å²) in [5.41, 5.74) is -2.03. The monoisotopic (exact) mass is 590 g/mol. The third-order valence-electron chi connectivity index (χ3n) is 10.4. The van der Waals surface area contributed by atoms with Gasteiger partial charge in [0.25, 0.3) is 5.09 Å². The topological polar surface area (TPSA) is 182 Å². The smallest absolute Gasteiger partial charge is 0.308 e. The van der Waals surface area contributed by atoms with Crippen LogP contribution in [0.4, 0.5) is 0 Å². The van der Waals surface area contributed by atoms with Crippen molar-refractivity contribution in [2.75, 3.05) is 19.8 Å². The van der Waals surface area contributed by atoms with Gasteiger partial charge in [-0.15, -0.1) is 10.1 Å². The molecule has 0 spiro atoms. The first-order valence-electron chi connectivity index (χ1n) is 14.9. The van der Waals surface area contributed by atoms with E-state index in [9.17, 15) is 39.5 Å². The molecule has 3 fully saturated rings. The number of ketones is 2. The Balaban J connectivity index is 1.25. The largest absolute Gasteiger partial charge is 0.457 e. The zero-order valence-electron chi connectivity index (χ0n) is 24.3. The highest BCUT2D eigenvalue weighted by Gasteiger charge is 2.68. The summed E-state index contributed by atoms with van der Waals surface area (Å²) >= 11 is 0. The molecule has 0 saturated heterocycles. The van der Waals surface area contributed by atoms with Gasteiger partial charge in [-0.05, 0) is 68.9 Å². The number of nitrogens with one attached hydrogen (secondary N) is 1. The molecular weight excluding hydrogens is 548 g/mol. The molecule has 1 amide bonds. The summed E-state index contributed by atoms with van der Waals surface area (Å²) in [4.78, 5) is 63.9. The van der Waals surface area contributed by atoms with E-state index in [0.717, 1.165) is 18.4 Å². The quantitative estimate of drug-likeness (QED) is 0.125. The fraction of sp³-hybridized carbons (Fsp3) is 0.733. The van der Waals surface area contributed by atoms with Crippen LogP contribution in [0.5, 0.6) is 0 Å². The Morgan fingerprint density at radius 2 is 1.93 bits per heavy atom. The summed E-state index contributed by atoms with van der Waals surface area (Å²) in [6.45, 7) is 3.36. The molecule has 0 radical (unpaired) electrons. The lowest BCUT2D eigenvalue weighted by molar-refractivity contribution is -0.757. The summed E-state index contributed by atoms with van der Waals surface area (Å²) in [6, 6.07) is 0. The molecule has 0 aromatic heterocycles. The van der Waals surface area contributed by atoms with Crippen LogP contribution >= 0.6 is 0 Å². The van der Waals surface area contributed by atoms with Crippen LogP contribution in [-0.2, 0) is 28.8 Å². The molecule has 12 heteroatoms. The first-order chi connectivity index (χ1) is 19.8. The van der Waals surface area contributed by atoms with Crippen molar-refractivity contribution >= 4 is 23.4 Å². The van der Waals surface area contributed by atoms with E-state index in [4.69, 9.17) is 4.74 Å². The minimum Gasteiger partial charge on any atom is -0.457 e. The van der Waals surface area contributed by atoms with Crippen LogP contribution in [0.2, 0.25) is 0 Å². The summed E-state index contributed by atoms with van der Waals surface area (Å²) in [6.07, 6.45) is 8.60. The molecule has 3 N–H and O–H groups in total. The van der Waals surface area contributed by atoms with Crippen molar-refractivity contribution in [3.63, 3.8) is 0 Å². The van der Waals surface area contributed by atoms with E-state index in [1.165, 1.54) is 0 Å². The molecular formula is C30H42N2O10. The molecule has 0 unspecified atom stereocenters. The zero-order chi connectivity index (χ0) is 30.7. The highest BCUT2D eigenvalue weighted by molar-refractivity contribution is 6.01. The van der Waals surface area contributed by atoms with Gasteiger partial charge in [0, 0.05) is 29.7 Å². The molecule has 3 saturated carbocycles. The minimum absolute atomic E-state index is 0.00393. The van der Waals surface area contributed by atoms with Crippen molar-refractivity contribution < 1.29 is 44.1 Å². The van der Waals surface area contributed by atoms with Crippen LogP contribution in [0.25, 0.3) is 0 Å². The number of hydrogen-bond acceptors (Lipinski definition) is 10. The SMILES string of the molecule is C[C@]12C=CC(=O)C=C1CC[C@@H]1[C@@H]2[C@@H](O)C[C@@]2(C)[C@H]1CC[C@]2(O)C(=O)COC(=O)CCNC(=O)CCCCCO[N+](=O)[O-]. The third-order valence-corrected chi connectivity index (χ3v) is 10.4.